The summed E-state index contributed by atoms with van der Waals surface area (Å²) in [5.74, 6) is 0.924. The van der Waals surface area contributed by atoms with E-state index in [0.717, 1.165) is 30.3 Å². The van der Waals surface area contributed by atoms with Crippen LogP contribution in [-0.2, 0) is 20.0 Å². The normalized spacial score (nSPS) is 17.9. The molecule has 0 amide bonds. The van der Waals surface area contributed by atoms with Crippen LogP contribution in [0.15, 0.2) is 41.3 Å². The van der Waals surface area contributed by atoms with E-state index in [1.165, 1.54) is 41.6 Å². The third-order valence-electron chi connectivity index (χ3n) is 5.54. The van der Waals surface area contributed by atoms with Crippen LogP contribution in [0.4, 0.5) is 11.4 Å². The first-order valence-corrected chi connectivity index (χ1v) is 9.68. The van der Waals surface area contributed by atoms with E-state index < -0.39 is 0 Å². The van der Waals surface area contributed by atoms with Gasteiger partial charge in [-0.05, 0) is 68.4 Å². The average molecular weight is 353 g/mol. The fourth-order valence-electron chi connectivity index (χ4n) is 3.98. The van der Waals surface area contributed by atoms with Crippen molar-refractivity contribution in [3.05, 3.63) is 58.0 Å². The first-order chi connectivity index (χ1) is 13.0. The summed E-state index contributed by atoms with van der Waals surface area (Å²) in [6.45, 7) is 7.78. The average Bonchev–Trinajstić information content (AvgIpc) is 3.46. The first kappa shape index (κ1) is 16.1. The Morgan fingerprint density at radius 3 is 2.73 bits per heavy atom. The molecule has 1 aromatic carbocycles. The summed E-state index contributed by atoms with van der Waals surface area (Å²) < 4.78 is 9.03. The van der Waals surface area contributed by atoms with Crippen LogP contribution < -0.4 is 10.5 Å². The predicted molar refractivity (Wildman–Crippen MR) is 107 cm³/mol. The van der Waals surface area contributed by atoms with Gasteiger partial charge in [0.25, 0.3) is 0 Å². The Morgan fingerprint density at radius 2 is 2.00 bits per heavy atom. The van der Waals surface area contributed by atoms with Crippen molar-refractivity contribution in [2.45, 2.75) is 45.7 Å². The number of aryl methyl sites for hydroxylation is 1. The molecule has 4 rings (SSSR count). The highest BCUT2D eigenvalue weighted by Crippen LogP contribution is 2.34. The molecular formula is C22H29N3O. The van der Waals surface area contributed by atoms with Crippen LogP contribution in [0, 0.1) is 5.92 Å². The van der Waals surface area contributed by atoms with E-state index in [4.69, 9.17) is 1.37 Å². The standard InChI is InChI=1S/C22H29N3O/c1-16(2)25(21-8-9-22(26)23(3)15-21)20-7-6-18-10-11-24(13-17-4-5-17)14-19(18)12-20/h6-9,12,15-17H,4-5,10-11,13-14H2,1-3H3/i3D. The van der Waals surface area contributed by atoms with Crippen LogP contribution in [0.25, 0.3) is 0 Å². The Balaban J connectivity index is 1.64. The lowest BCUT2D eigenvalue weighted by molar-refractivity contribution is 0.244. The van der Waals surface area contributed by atoms with Crippen LogP contribution in [0.5, 0.6) is 0 Å². The first-order valence-electron chi connectivity index (χ1n) is 10.4. The highest BCUT2D eigenvalue weighted by Gasteiger charge is 2.26. The number of nitrogens with zero attached hydrogens (tertiary/aromatic N) is 3. The third-order valence-corrected chi connectivity index (χ3v) is 5.54. The monoisotopic (exact) mass is 352 g/mol. The van der Waals surface area contributed by atoms with Gasteiger partial charge in [-0.2, -0.15) is 0 Å². The van der Waals surface area contributed by atoms with Crippen molar-refractivity contribution >= 4 is 11.4 Å². The highest BCUT2D eigenvalue weighted by atomic mass is 16.1. The van der Waals surface area contributed by atoms with E-state index in [-0.39, 0.29) is 18.6 Å². The van der Waals surface area contributed by atoms with Crippen molar-refractivity contribution in [3.8, 4) is 0 Å². The van der Waals surface area contributed by atoms with E-state index in [1.807, 2.05) is 6.07 Å². The zero-order valence-corrected chi connectivity index (χ0v) is 15.8. The minimum absolute atomic E-state index is 0.0566. The lowest BCUT2D eigenvalue weighted by Gasteiger charge is -2.33. The molecule has 4 heteroatoms. The lowest BCUT2D eigenvalue weighted by Crippen LogP contribution is -2.33. The Bertz CT molecular complexity index is 872. The number of rotatable bonds is 5. The van der Waals surface area contributed by atoms with E-state index in [9.17, 15) is 4.79 Å². The lowest BCUT2D eigenvalue weighted by atomic mass is 9.98. The Kier molecular flexibility index (Phi) is 4.29. The summed E-state index contributed by atoms with van der Waals surface area (Å²) in [7, 11) is -0.0566. The smallest absolute Gasteiger partial charge is 0.250 e. The molecule has 0 saturated heterocycles. The van der Waals surface area contributed by atoms with Crippen molar-refractivity contribution in [1.29, 1.82) is 0 Å². The van der Waals surface area contributed by atoms with Gasteiger partial charge in [-0.25, -0.2) is 0 Å². The van der Waals surface area contributed by atoms with Gasteiger partial charge < -0.3 is 9.47 Å². The highest BCUT2D eigenvalue weighted by molar-refractivity contribution is 5.64. The number of aromatic nitrogens is 1. The van der Waals surface area contributed by atoms with Crippen molar-refractivity contribution < 1.29 is 1.37 Å². The van der Waals surface area contributed by atoms with Gasteiger partial charge in [0.1, 0.15) is 0 Å². The zero-order valence-electron chi connectivity index (χ0n) is 16.8. The van der Waals surface area contributed by atoms with Crippen molar-refractivity contribution in [3.63, 3.8) is 0 Å². The molecule has 1 saturated carbocycles. The van der Waals surface area contributed by atoms with E-state index in [1.54, 1.807) is 12.3 Å². The molecule has 1 aliphatic carbocycles. The fourth-order valence-corrected chi connectivity index (χ4v) is 3.98. The number of benzene rings is 1. The van der Waals surface area contributed by atoms with Gasteiger partial charge in [-0.15, -0.1) is 0 Å². The fraction of sp³-hybridized carbons (Fsp3) is 0.500. The van der Waals surface area contributed by atoms with Crippen LogP contribution in [0.1, 0.15) is 39.2 Å². The van der Waals surface area contributed by atoms with E-state index in [2.05, 4.69) is 41.8 Å². The van der Waals surface area contributed by atoms with Gasteiger partial charge in [-0.1, -0.05) is 6.07 Å². The summed E-state index contributed by atoms with van der Waals surface area (Å²) in [6.07, 6.45) is 5.73. The summed E-state index contributed by atoms with van der Waals surface area (Å²) in [5, 5.41) is 0. The summed E-state index contributed by atoms with van der Waals surface area (Å²) in [6, 6.07) is 10.5. The molecule has 0 unspecified atom stereocenters. The maximum Gasteiger partial charge on any atom is 0.250 e. The number of hydrogen-bond donors (Lipinski definition) is 0. The summed E-state index contributed by atoms with van der Waals surface area (Å²) in [4.78, 5) is 16.7. The second kappa shape index (κ2) is 6.92. The molecule has 0 atom stereocenters. The maximum absolute atomic E-state index is 11.9. The predicted octanol–water partition coefficient (Wildman–Crippen LogP) is 3.70. The van der Waals surface area contributed by atoms with Crippen molar-refractivity contribution in [1.82, 2.24) is 9.47 Å². The molecular weight excluding hydrogens is 322 g/mol. The zero-order chi connectivity index (χ0) is 19.0. The number of fused-ring (bicyclic) bond motifs is 1. The van der Waals surface area contributed by atoms with E-state index in [0.29, 0.717) is 0 Å². The van der Waals surface area contributed by atoms with Gasteiger partial charge in [0, 0.05) is 52.0 Å². The molecule has 0 N–H and O–H groups in total. The van der Waals surface area contributed by atoms with Crippen molar-refractivity contribution in [2.75, 3.05) is 18.0 Å². The van der Waals surface area contributed by atoms with Crippen LogP contribution in [-0.4, -0.2) is 28.6 Å². The third kappa shape index (κ3) is 3.56. The number of anilines is 2. The minimum atomic E-state index is -0.126. The second-order valence-corrected chi connectivity index (χ2v) is 8.04. The van der Waals surface area contributed by atoms with Gasteiger partial charge >= 0.3 is 0 Å². The molecule has 26 heavy (non-hydrogen) atoms. The Hall–Kier alpha value is -2.07. The summed E-state index contributed by atoms with van der Waals surface area (Å²) >= 11 is 0. The quantitative estimate of drug-likeness (QED) is 0.821. The molecule has 2 aliphatic rings. The number of pyridine rings is 1. The molecule has 2 aromatic rings. The maximum atomic E-state index is 11.9. The molecule has 1 fully saturated rings. The molecule has 2 heterocycles. The second-order valence-electron chi connectivity index (χ2n) is 8.04. The largest absolute Gasteiger partial charge is 0.338 e. The molecule has 0 radical (unpaired) electrons. The van der Waals surface area contributed by atoms with Crippen LogP contribution in [0.2, 0.25) is 0 Å². The molecule has 1 aromatic heterocycles. The Labute approximate surface area is 157 Å². The van der Waals surface area contributed by atoms with Crippen LogP contribution >= 0.6 is 0 Å². The SMILES string of the molecule is [2H]Cn1cc(N(c2ccc3c(c2)CN(CC2CC2)CC3)C(C)C)ccc1=O. The summed E-state index contributed by atoms with van der Waals surface area (Å²) in [5.41, 5.74) is 4.89. The van der Waals surface area contributed by atoms with Gasteiger partial charge in [0.15, 0.2) is 0 Å². The Morgan fingerprint density at radius 1 is 1.19 bits per heavy atom. The van der Waals surface area contributed by atoms with Crippen molar-refractivity contribution in [2.24, 2.45) is 12.9 Å². The molecule has 0 bridgehead atoms. The van der Waals surface area contributed by atoms with Gasteiger partial charge in [0.2, 0.25) is 5.56 Å². The molecule has 138 valence electrons. The van der Waals surface area contributed by atoms with Gasteiger partial charge in [-0.3, -0.25) is 9.69 Å². The van der Waals surface area contributed by atoms with E-state index >= 15 is 0 Å². The topological polar surface area (TPSA) is 28.5 Å². The molecule has 0 spiro atoms. The number of hydrogen-bond acceptors (Lipinski definition) is 3. The molecule has 1 aliphatic heterocycles. The molecule has 4 nitrogen and oxygen atoms in total. The van der Waals surface area contributed by atoms with Gasteiger partial charge in [0.05, 0.1) is 5.69 Å². The van der Waals surface area contributed by atoms with Crippen LogP contribution in [0.3, 0.4) is 0 Å². The minimum Gasteiger partial charge on any atom is -0.338 e.